The van der Waals surface area contributed by atoms with Crippen molar-refractivity contribution in [2.45, 2.75) is 38.1 Å². The number of nitrogens with zero attached hydrogens (tertiary/aromatic N) is 7. The normalized spacial score (nSPS) is 22.5. The standard InChI is InChI=1S/C22H21F2N7/c1-13(2)18-11-26-31(28-18)19-12-25-30-8-6-20(27-21(19)30)29-7-5-14-10-22(14,29)16-9-15(23)3-4-17(16)24/h3-4,6,8-9,11-14H,5,7,10H2,1-2H3/t14-,22+/m0/s1. The minimum Gasteiger partial charge on any atom is -0.346 e. The van der Waals surface area contributed by atoms with Gasteiger partial charge < -0.3 is 4.90 Å². The Hall–Kier alpha value is -3.36. The maximum Gasteiger partial charge on any atom is 0.184 e. The molecule has 1 aliphatic heterocycles. The topological polar surface area (TPSA) is 64.1 Å². The van der Waals surface area contributed by atoms with Gasteiger partial charge >= 0.3 is 0 Å². The lowest BCUT2D eigenvalue weighted by Crippen LogP contribution is -2.34. The lowest BCUT2D eigenvalue weighted by molar-refractivity contribution is 0.544. The maximum atomic E-state index is 14.7. The fraction of sp³-hybridized carbons (Fsp3) is 0.364. The van der Waals surface area contributed by atoms with Crippen LogP contribution in [0.1, 0.15) is 43.9 Å². The van der Waals surface area contributed by atoms with Gasteiger partial charge in [0.2, 0.25) is 0 Å². The summed E-state index contributed by atoms with van der Waals surface area (Å²) in [7, 11) is 0. The largest absolute Gasteiger partial charge is 0.346 e. The molecular weight excluding hydrogens is 400 g/mol. The second-order valence-electron chi connectivity index (χ2n) is 8.69. The average molecular weight is 421 g/mol. The molecule has 1 aliphatic carbocycles. The summed E-state index contributed by atoms with van der Waals surface area (Å²) in [5.74, 6) is 0.484. The molecule has 2 aliphatic rings. The summed E-state index contributed by atoms with van der Waals surface area (Å²) >= 11 is 0. The minimum atomic E-state index is -0.535. The zero-order valence-electron chi connectivity index (χ0n) is 17.2. The molecule has 2 atom stereocenters. The summed E-state index contributed by atoms with van der Waals surface area (Å²) in [5.41, 5.74) is 2.05. The molecule has 7 nitrogen and oxygen atoms in total. The Balaban J connectivity index is 1.44. The van der Waals surface area contributed by atoms with Crippen LogP contribution in [-0.4, -0.2) is 36.1 Å². The predicted octanol–water partition coefficient (Wildman–Crippen LogP) is 3.84. The molecule has 9 heteroatoms. The van der Waals surface area contributed by atoms with E-state index in [1.807, 2.05) is 12.3 Å². The van der Waals surface area contributed by atoms with Crippen LogP contribution in [0.2, 0.25) is 0 Å². The number of anilines is 1. The zero-order chi connectivity index (χ0) is 21.3. The van der Waals surface area contributed by atoms with Crippen LogP contribution in [0.5, 0.6) is 0 Å². The van der Waals surface area contributed by atoms with E-state index in [4.69, 9.17) is 4.98 Å². The molecule has 0 spiro atoms. The molecule has 0 bridgehead atoms. The highest BCUT2D eigenvalue weighted by atomic mass is 19.1. The Labute approximate surface area is 177 Å². The van der Waals surface area contributed by atoms with Gasteiger partial charge in [0.05, 0.1) is 23.6 Å². The fourth-order valence-corrected chi connectivity index (χ4v) is 4.89. The monoisotopic (exact) mass is 421 g/mol. The Morgan fingerprint density at radius 2 is 2.00 bits per heavy atom. The zero-order valence-corrected chi connectivity index (χ0v) is 17.2. The first-order chi connectivity index (χ1) is 15.0. The molecule has 31 heavy (non-hydrogen) atoms. The number of fused-ring (bicyclic) bond motifs is 2. The third kappa shape index (κ3) is 2.62. The molecule has 3 aromatic heterocycles. The number of rotatable bonds is 4. The van der Waals surface area contributed by atoms with Gasteiger partial charge in [-0.15, -0.1) is 4.80 Å². The van der Waals surface area contributed by atoms with Crippen molar-refractivity contribution >= 4 is 11.5 Å². The molecule has 0 radical (unpaired) electrons. The van der Waals surface area contributed by atoms with Gasteiger partial charge in [-0.3, -0.25) is 0 Å². The molecule has 1 saturated carbocycles. The quantitative estimate of drug-likeness (QED) is 0.501. The molecule has 4 heterocycles. The van der Waals surface area contributed by atoms with E-state index < -0.39 is 11.4 Å². The molecule has 0 amide bonds. The van der Waals surface area contributed by atoms with Crippen LogP contribution in [0.3, 0.4) is 0 Å². The summed E-state index contributed by atoms with van der Waals surface area (Å²) in [6.45, 7) is 4.86. The fourth-order valence-electron chi connectivity index (χ4n) is 4.89. The Morgan fingerprint density at radius 3 is 2.77 bits per heavy atom. The number of hydrogen-bond donors (Lipinski definition) is 0. The van der Waals surface area contributed by atoms with Crippen molar-refractivity contribution in [2.24, 2.45) is 5.92 Å². The SMILES string of the molecule is CC(C)c1cnn(-c2cnn3ccc(N4CC[C@H]5C[C@]54c4cc(F)ccc4F)nc23)n1. The van der Waals surface area contributed by atoms with Crippen molar-refractivity contribution in [1.29, 1.82) is 0 Å². The van der Waals surface area contributed by atoms with Crippen molar-refractivity contribution < 1.29 is 8.78 Å². The summed E-state index contributed by atoms with van der Waals surface area (Å²) in [6.07, 6.45) is 6.98. The summed E-state index contributed by atoms with van der Waals surface area (Å²) in [4.78, 5) is 8.51. The summed E-state index contributed by atoms with van der Waals surface area (Å²) < 4.78 is 30.3. The van der Waals surface area contributed by atoms with E-state index in [0.717, 1.165) is 31.1 Å². The lowest BCUT2D eigenvalue weighted by Gasteiger charge is -2.30. The molecule has 0 N–H and O–H groups in total. The van der Waals surface area contributed by atoms with Crippen molar-refractivity contribution in [1.82, 2.24) is 29.6 Å². The molecule has 1 aromatic carbocycles. The van der Waals surface area contributed by atoms with Gasteiger partial charge in [0, 0.05) is 18.3 Å². The van der Waals surface area contributed by atoms with Crippen LogP contribution >= 0.6 is 0 Å². The van der Waals surface area contributed by atoms with Crippen LogP contribution < -0.4 is 4.90 Å². The van der Waals surface area contributed by atoms with Gasteiger partial charge in [-0.2, -0.15) is 15.3 Å². The highest BCUT2D eigenvalue weighted by Gasteiger charge is 2.64. The molecule has 6 rings (SSSR count). The van der Waals surface area contributed by atoms with Crippen molar-refractivity contribution in [3.63, 3.8) is 0 Å². The Kier molecular flexibility index (Phi) is 3.75. The second kappa shape index (κ2) is 6.32. The van der Waals surface area contributed by atoms with E-state index in [2.05, 4.69) is 34.0 Å². The van der Waals surface area contributed by atoms with E-state index in [-0.39, 0.29) is 11.7 Å². The van der Waals surface area contributed by atoms with Crippen molar-refractivity contribution in [3.05, 3.63) is 65.7 Å². The van der Waals surface area contributed by atoms with Crippen molar-refractivity contribution in [3.8, 4) is 5.69 Å². The molecule has 0 unspecified atom stereocenters. The van der Waals surface area contributed by atoms with Crippen LogP contribution in [0.4, 0.5) is 14.6 Å². The van der Waals surface area contributed by atoms with E-state index in [9.17, 15) is 8.78 Å². The lowest BCUT2D eigenvalue weighted by atomic mass is 10.0. The first-order valence-corrected chi connectivity index (χ1v) is 10.5. The molecule has 1 saturated heterocycles. The van der Waals surface area contributed by atoms with Gasteiger partial charge in [-0.25, -0.2) is 18.3 Å². The van der Waals surface area contributed by atoms with Gasteiger partial charge in [-0.1, -0.05) is 13.8 Å². The molecule has 4 aromatic rings. The van der Waals surface area contributed by atoms with Gasteiger partial charge in [0.15, 0.2) is 11.3 Å². The van der Waals surface area contributed by atoms with Crippen LogP contribution in [0.25, 0.3) is 11.3 Å². The number of halogens is 2. The molecule has 2 fully saturated rings. The third-order valence-electron chi connectivity index (χ3n) is 6.58. The van der Waals surface area contributed by atoms with E-state index in [0.29, 0.717) is 28.6 Å². The van der Waals surface area contributed by atoms with Crippen LogP contribution in [0, 0.1) is 17.6 Å². The minimum absolute atomic E-state index is 0.261. The van der Waals surface area contributed by atoms with Crippen LogP contribution in [-0.2, 0) is 5.54 Å². The summed E-state index contributed by atoms with van der Waals surface area (Å²) in [6, 6.07) is 5.58. The van der Waals surface area contributed by atoms with Gasteiger partial charge in [0.25, 0.3) is 0 Å². The number of hydrogen-bond acceptors (Lipinski definition) is 5. The first kappa shape index (κ1) is 18.4. The highest BCUT2D eigenvalue weighted by Crippen LogP contribution is 2.63. The number of aromatic nitrogens is 6. The van der Waals surface area contributed by atoms with E-state index in [1.54, 1.807) is 21.7 Å². The Morgan fingerprint density at radius 1 is 1.13 bits per heavy atom. The number of piperidine rings is 1. The summed E-state index contributed by atoms with van der Waals surface area (Å²) in [5, 5.41) is 13.3. The Bertz CT molecular complexity index is 1310. The average Bonchev–Trinajstić information content (AvgIpc) is 3.13. The van der Waals surface area contributed by atoms with Gasteiger partial charge in [0.1, 0.15) is 17.5 Å². The third-order valence-corrected chi connectivity index (χ3v) is 6.58. The van der Waals surface area contributed by atoms with E-state index >= 15 is 0 Å². The van der Waals surface area contributed by atoms with Gasteiger partial charge in [-0.05, 0) is 48.9 Å². The molecule has 158 valence electrons. The first-order valence-electron chi connectivity index (χ1n) is 10.5. The maximum absolute atomic E-state index is 14.7. The predicted molar refractivity (Wildman–Crippen MR) is 110 cm³/mol. The van der Waals surface area contributed by atoms with E-state index in [1.165, 1.54) is 12.1 Å². The smallest absolute Gasteiger partial charge is 0.184 e. The second-order valence-corrected chi connectivity index (χ2v) is 8.69. The number of benzene rings is 1. The van der Waals surface area contributed by atoms with Crippen LogP contribution in [0.15, 0.2) is 42.9 Å². The van der Waals surface area contributed by atoms with Crippen molar-refractivity contribution in [2.75, 3.05) is 11.4 Å². The highest BCUT2D eigenvalue weighted by molar-refractivity contribution is 5.62. The molecular formula is C22H21F2N7.